The van der Waals surface area contributed by atoms with Gasteiger partial charge in [-0.25, -0.2) is 4.98 Å². The number of oxazole rings is 1. The van der Waals surface area contributed by atoms with Crippen molar-refractivity contribution in [2.45, 2.75) is 32.4 Å². The van der Waals surface area contributed by atoms with Gasteiger partial charge in [0.2, 0.25) is 5.89 Å². The van der Waals surface area contributed by atoms with E-state index in [9.17, 15) is 0 Å². The molecule has 1 aliphatic heterocycles. The number of benzene rings is 1. The molecule has 0 atom stereocenters. The van der Waals surface area contributed by atoms with Crippen LogP contribution < -0.4 is 15.5 Å². The fourth-order valence-electron chi connectivity index (χ4n) is 3.47. The molecule has 0 aliphatic carbocycles. The zero-order chi connectivity index (χ0) is 20.1. The molecule has 1 saturated heterocycles. The standard InChI is InChI=1S/C22H27N5OS/c1-16-5-7-17(8-6-16)21-25-19(15-28-21)14-24-22(23-2)26-18-9-11-27(12-10-18)20-4-3-13-29-20/h3-8,13,15,18H,9-12,14H2,1-2H3,(H2,23,24,26). The summed E-state index contributed by atoms with van der Waals surface area (Å²) >= 11 is 1.81. The number of anilines is 1. The second-order valence-corrected chi connectivity index (χ2v) is 8.22. The van der Waals surface area contributed by atoms with E-state index in [2.05, 4.69) is 62.1 Å². The maximum atomic E-state index is 5.64. The van der Waals surface area contributed by atoms with E-state index in [1.807, 2.05) is 23.5 Å². The van der Waals surface area contributed by atoms with Gasteiger partial charge in [0.05, 0.1) is 17.2 Å². The number of rotatable bonds is 5. The minimum absolute atomic E-state index is 0.429. The van der Waals surface area contributed by atoms with Crippen LogP contribution in [0, 0.1) is 6.92 Å². The Bertz CT molecular complexity index is 925. The van der Waals surface area contributed by atoms with Crippen LogP contribution in [0.5, 0.6) is 0 Å². The van der Waals surface area contributed by atoms with Gasteiger partial charge in [0.15, 0.2) is 5.96 Å². The monoisotopic (exact) mass is 409 g/mol. The quantitative estimate of drug-likeness (QED) is 0.492. The predicted molar refractivity (Wildman–Crippen MR) is 120 cm³/mol. The average Bonchev–Trinajstić information content (AvgIpc) is 3.44. The molecular weight excluding hydrogens is 382 g/mol. The fraction of sp³-hybridized carbons (Fsp3) is 0.364. The lowest BCUT2D eigenvalue weighted by molar-refractivity contribution is 0.462. The maximum absolute atomic E-state index is 5.64. The first-order valence-corrected chi connectivity index (χ1v) is 10.9. The molecule has 0 unspecified atom stereocenters. The normalized spacial score (nSPS) is 15.5. The molecule has 0 bridgehead atoms. The van der Waals surface area contributed by atoms with Crippen LogP contribution in [0.2, 0.25) is 0 Å². The predicted octanol–water partition coefficient (Wildman–Crippen LogP) is 4.05. The van der Waals surface area contributed by atoms with Crippen LogP contribution in [0.1, 0.15) is 24.1 Å². The van der Waals surface area contributed by atoms with E-state index < -0.39 is 0 Å². The van der Waals surface area contributed by atoms with E-state index in [0.29, 0.717) is 18.5 Å². The van der Waals surface area contributed by atoms with Crippen molar-refractivity contribution in [2.75, 3.05) is 25.0 Å². The van der Waals surface area contributed by atoms with E-state index in [0.717, 1.165) is 43.1 Å². The second-order valence-electron chi connectivity index (χ2n) is 7.29. The Morgan fingerprint density at radius 2 is 2.03 bits per heavy atom. The Labute approximate surface area is 175 Å². The molecular formula is C22H27N5OS. The first-order chi connectivity index (χ1) is 14.2. The molecule has 6 nitrogen and oxygen atoms in total. The molecule has 3 heterocycles. The van der Waals surface area contributed by atoms with Gasteiger partial charge in [-0.15, -0.1) is 11.3 Å². The van der Waals surface area contributed by atoms with Crippen LogP contribution in [0.15, 0.2) is 57.5 Å². The van der Waals surface area contributed by atoms with Gasteiger partial charge in [0.1, 0.15) is 6.26 Å². The first kappa shape index (κ1) is 19.5. The van der Waals surface area contributed by atoms with Crippen LogP contribution in [0.4, 0.5) is 5.00 Å². The lowest BCUT2D eigenvalue weighted by Gasteiger charge is -2.33. The average molecular weight is 410 g/mol. The van der Waals surface area contributed by atoms with Gasteiger partial charge >= 0.3 is 0 Å². The highest BCUT2D eigenvalue weighted by Crippen LogP contribution is 2.24. The van der Waals surface area contributed by atoms with E-state index in [-0.39, 0.29) is 0 Å². The number of aryl methyl sites for hydroxylation is 1. The van der Waals surface area contributed by atoms with E-state index >= 15 is 0 Å². The Kier molecular flexibility index (Phi) is 6.14. The zero-order valence-electron chi connectivity index (χ0n) is 16.9. The molecule has 0 amide bonds. The highest BCUT2D eigenvalue weighted by atomic mass is 32.1. The maximum Gasteiger partial charge on any atom is 0.226 e. The van der Waals surface area contributed by atoms with Crippen molar-refractivity contribution in [3.05, 3.63) is 59.3 Å². The Morgan fingerprint density at radius 3 is 2.72 bits per heavy atom. The van der Waals surface area contributed by atoms with Crippen molar-refractivity contribution in [1.82, 2.24) is 15.6 Å². The molecule has 0 radical (unpaired) electrons. The highest BCUT2D eigenvalue weighted by Gasteiger charge is 2.20. The number of hydrogen-bond acceptors (Lipinski definition) is 5. The topological polar surface area (TPSA) is 65.7 Å². The molecule has 1 aromatic carbocycles. The second kappa shape index (κ2) is 9.13. The van der Waals surface area contributed by atoms with Crippen molar-refractivity contribution in [2.24, 2.45) is 4.99 Å². The van der Waals surface area contributed by atoms with Gasteiger partial charge in [-0.05, 0) is 49.4 Å². The smallest absolute Gasteiger partial charge is 0.226 e. The molecule has 29 heavy (non-hydrogen) atoms. The number of piperidine rings is 1. The molecule has 3 aromatic rings. The highest BCUT2D eigenvalue weighted by molar-refractivity contribution is 7.14. The van der Waals surface area contributed by atoms with Gasteiger partial charge in [-0.3, -0.25) is 4.99 Å². The number of guanidine groups is 1. The van der Waals surface area contributed by atoms with E-state index in [4.69, 9.17) is 4.42 Å². The molecule has 1 fully saturated rings. The molecule has 2 N–H and O–H groups in total. The lowest BCUT2D eigenvalue weighted by atomic mass is 10.1. The molecule has 2 aromatic heterocycles. The van der Waals surface area contributed by atoms with Gasteiger partial charge in [0.25, 0.3) is 0 Å². The number of hydrogen-bond donors (Lipinski definition) is 2. The SMILES string of the molecule is CN=C(NCc1coc(-c2ccc(C)cc2)n1)NC1CCN(c2cccs2)CC1. The van der Waals surface area contributed by atoms with Crippen molar-refractivity contribution in [3.63, 3.8) is 0 Å². The van der Waals surface area contributed by atoms with E-state index in [1.165, 1.54) is 10.6 Å². The third kappa shape index (κ3) is 4.98. The van der Waals surface area contributed by atoms with Crippen LogP contribution in [-0.2, 0) is 6.54 Å². The molecule has 1 aliphatic rings. The summed E-state index contributed by atoms with van der Waals surface area (Å²) in [5.41, 5.74) is 3.07. The van der Waals surface area contributed by atoms with E-state index in [1.54, 1.807) is 13.3 Å². The molecule has 0 saturated carbocycles. The Hall–Kier alpha value is -2.80. The van der Waals surface area contributed by atoms with Crippen molar-refractivity contribution in [1.29, 1.82) is 0 Å². The van der Waals surface area contributed by atoms with Gasteiger partial charge in [0, 0.05) is 31.7 Å². The Morgan fingerprint density at radius 1 is 1.24 bits per heavy atom. The first-order valence-electron chi connectivity index (χ1n) is 9.98. The molecule has 152 valence electrons. The molecule has 4 rings (SSSR count). The van der Waals surface area contributed by atoms with Crippen LogP contribution in [0.3, 0.4) is 0 Å². The number of aliphatic imine (C=N–C) groups is 1. The zero-order valence-corrected chi connectivity index (χ0v) is 17.7. The summed E-state index contributed by atoms with van der Waals surface area (Å²) in [6.07, 6.45) is 3.90. The van der Waals surface area contributed by atoms with Crippen molar-refractivity contribution >= 4 is 22.3 Å². The van der Waals surface area contributed by atoms with Gasteiger partial charge in [-0.1, -0.05) is 17.7 Å². The lowest BCUT2D eigenvalue weighted by Crippen LogP contribution is -2.48. The van der Waals surface area contributed by atoms with Crippen LogP contribution in [0.25, 0.3) is 11.5 Å². The number of nitrogens with zero attached hydrogens (tertiary/aromatic N) is 3. The Balaban J connectivity index is 1.26. The van der Waals surface area contributed by atoms with Crippen LogP contribution >= 0.6 is 11.3 Å². The third-order valence-electron chi connectivity index (χ3n) is 5.16. The molecule has 0 spiro atoms. The third-order valence-corrected chi connectivity index (χ3v) is 6.09. The minimum Gasteiger partial charge on any atom is -0.444 e. The summed E-state index contributed by atoms with van der Waals surface area (Å²) in [6, 6.07) is 12.9. The number of aromatic nitrogens is 1. The number of nitrogens with one attached hydrogen (secondary N) is 2. The minimum atomic E-state index is 0.429. The largest absolute Gasteiger partial charge is 0.444 e. The van der Waals surface area contributed by atoms with Gasteiger partial charge < -0.3 is 20.0 Å². The number of thiophene rings is 1. The summed E-state index contributed by atoms with van der Waals surface area (Å²) in [5.74, 6) is 1.45. The summed E-state index contributed by atoms with van der Waals surface area (Å²) in [4.78, 5) is 11.4. The van der Waals surface area contributed by atoms with Gasteiger partial charge in [-0.2, -0.15) is 0 Å². The summed E-state index contributed by atoms with van der Waals surface area (Å²) in [5, 5.41) is 10.4. The summed E-state index contributed by atoms with van der Waals surface area (Å²) in [6.45, 7) is 4.78. The van der Waals surface area contributed by atoms with Crippen LogP contribution in [-0.4, -0.2) is 37.1 Å². The summed E-state index contributed by atoms with van der Waals surface area (Å²) < 4.78 is 5.64. The van der Waals surface area contributed by atoms with Crippen molar-refractivity contribution in [3.8, 4) is 11.5 Å². The molecule has 7 heteroatoms. The van der Waals surface area contributed by atoms with Crippen molar-refractivity contribution < 1.29 is 4.42 Å². The summed E-state index contributed by atoms with van der Waals surface area (Å²) in [7, 11) is 1.80. The fourth-order valence-corrected chi connectivity index (χ4v) is 4.26.